The number of nitrogens with zero attached hydrogens (tertiary/aromatic N) is 2. The molecule has 3 fully saturated rings. The number of carbonyl (C=O) groups excluding carboxylic acids is 8. The quantitative estimate of drug-likeness (QED) is 0.0373. The lowest BCUT2D eigenvalue weighted by Crippen LogP contribution is -2.65. The predicted octanol–water partition coefficient (Wildman–Crippen LogP) is -0.0645. The van der Waals surface area contributed by atoms with E-state index in [0.29, 0.717) is 0 Å². The summed E-state index contributed by atoms with van der Waals surface area (Å²) < 4.78 is 94.0. The van der Waals surface area contributed by atoms with Gasteiger partial charge in [0.2, 0.25) is 53.4 Å². The Kier molecular flexibility index (Phi) is 30.8. The maximum absolute atomic E-state index is 16.5. The highest BCUT2D eigenvalue weighted by Crippen LogP contribution is 2.51. The number of aliphatic hydroxyl groups is 8. The number of primary amides is 1. The van der Waals surface area contributed by atoms with Crippen molar-refractivity contribution in [2.45, 2.75) is 200 Å². The molecular formula is C86H96Cl2F3N13O31. The molecule has 1 aromatic heterocycles. The minimum absolute atomic E-state index is 0.111. The molecule has 25 N–H and O–H groups in total. The smallest absolute Gasteiger partial charge is 0.508 e. The molecule has 6 aromatic carbocycles. The van der Waals surface area contributed by atoms with E-state index in [4.69, 9.17) is 72.6 Å². The van der Waals surface area contributed by atoms with E-state index in [0.717, 1.165) is 102 Å². The van der Waals surface area contributed by atoms with E-state index in [2.05, 4.69) is 57.6 Å². The zero-order chi connectivity index (χ0) is 98.0. The van der Waals surface area contributed by atoms with Crippen LogP contribution < -0.4 is 84.0 Å². The molecule has 3 saturated heterocycles. The number of carboxylic acids is 1. The Balaban J connectivity index is 0.907. The molecular weight excluding hydrogens is 1840 g/mol. The Hall–Kier alpha value is -12.2. The van der Waals surface area contributed by atoms with Crippen molar-refractivity contribution in [1.29, 1.82) is 0 Å². The number of carbonyl (C=O) groups is 9. The maximum Gasteiger partial charge on any atom is 0.573 e. The van der Waals surface area contributed by atoms with Gasteiger partial charge >= 0.3 is 18.0 Å². The lowest BCUT2D eigenvalue weighted by Gasteiger charge is -2.46. The number of phenols is 3. The number of nitrogens with one attached hydrogen (secondary N) is 9. The van der Waals surface area contributed by atoms with Gasteiger partial charge in [-0.15, -0.1) is 13.2 Å². The van der Waals surface area contributed by atoms with Crippen molar-refractivity contribution in [3.63, 3.8) is 0 Å². The van der Waals surface area contributed by atoms with Crippen LogP contribution in [0.15, 0.2) is 120 Å². The van der Waals surface area contributed by atoms with Crippen LogP contribution in [0, 0.1) is 5.92 Å². The third-order valence-corrected chi connectivity index (χ3v) is 23.6. The number of hydrogen-bond acceptors (Lipinski definition) is 34. The minimum Gasteiger partial charge on any atom is -0.508 e. The number of anilines is 1. The lowest BCUT2D eigenvalue weighted by atomic mass is 9.86. The van der Waals surface area contributed by atoms with Crippen LogP contribution in [0.25, 0.3) is 11.1 Å². The SMILES string of the molecule is CN[C@H](CC(C)C)C(=O)NC1C(=O)N[C@H](CC(N)=O)C(=O)N[C@H]2C(=O)N[C@H]3C(=O)N[C@H](C(=O)N[C@@H](C(=O)O)c4cc(O)cc(O)c4-c4cc3ccc4O)[C@H](O[C@H]3C[C@](C)(N)[C@@H](O)[C@H](C)O3)c3ccc(c(Cl)c3)Oc3cc2cc(c3O[C@@H]2O[C@H](CO)[C@@H](O[C@@H]3O[C@H](CNCCn4ccc(NC(=O)c5ccc(OC(F)(F)F)cc5)nc4=O)[C@H](O)[C@H](O)[C@H]3O)[C@H](O)[C@H]2O)Oc2ccc(cc2Cl)[C@H]1O. The van der Waals surface area contributed by atoms with Crippen LogP contribution in [-0.2, 0) is 68.6 Å². The van der Waals surface area contributed by atoms with E-state index < -0.39 is 321 Å². The number of fused-ring (bicyclic) bond motifs is 15. The second kappa shape index (κ2) is 41.5. The molecule has 15 rings (SSSR count). The van der Waals surface area contributed by atoms with Crippen molar-refractivity contribution >= 4 is 82.2 Å². The fourth-order valence-corrected chi connectivity index (χ4v) is 16.6. The first kappa shape index (κ1) is 100. The largest absolute Gasteiger partial charge is 0.573 e. The Morgan fingerprint density at radius 2 is 1.32 bits per heavy atom. The molecule has 726 valence electrons. The van der Waals surface area contributed by atoms with Crippen molar-refractivity contribution in [2.75, 3.05) is 32.1 Å². The second-order valence-corrected chi connectivity index (χ2v) is 34.2. The highest BCUT2D eigenvalue weighted by atomic mass is 35.5. The van der Waals surface area contributed by atoms with E-state index in [1.54, 1.807) is 13.8 Å². The topological polar surface area (TPSA) is 675 Å². The average molecular weight is 1940 g/mol. The summed E-state index contributed by atoms with van der Waals surface area (Å²) in [7, 11) is 1.44. The first-order chi connectivity index (χ1) is 63.8. The normalized spacial score (nSPS) is 28.5. The number of aromatic nitrogens is 2. The van der Waals surface area contributed by atoms with Crippen molar-refractivity contribution in [1.82, 2.24) is 52.1 Å². The standard InChI is InChI=1S/C86H96Cl2F3N13O31/c1-32(2)20-45(94-5)75(118)102-62-64(110)36-9-14-49(43(87)22-36)128-51-24-38-25-52(71(51)133-83-69(115)67(113)72(54(31-105)131-83)134-82-68(114)66(112)65(111)53(130-82)30-95-17-19-104-18-16-56(98-84(104)126)97-74(117)34-6-11-40(12-7-34)135-86(89,90)91)129-50-15-10-37(23-44(50)88)70(132-57-29-85(4,93)73(116)33(3)127-57)63-80(123)101-61(81(124)125)42-26-39(106)27-48(108)58(42)41-21-35(8-13-47(41)107)59(77(120)103-63)100-78(121)60(38)99-76(119)46(28-55(92)109)96-79(62)122/h6-16,18,21-27,32-33,45-46,53-54,57,59-70,72-73,82-83,94-95,105-108,110-116H,17,19-20,28-31,93H2,1-5H3,(H2,92,109)(H,96,122)(H,99,119)(H,100,121)(H,101,123)(H,102,118)(H,103,120)(H,124,125)(H,97,98,117,126)/t33-,45+,46+,53+,54+,57-,59+,60+,61+,62?,63-,64+,65-,66-,67+,68+,69+,70+,72+,73-,82-,83-,85-/m0/s1. The Morgan fingerprint density at radius 1 is 0.689 bits per heavy atom. The molecule has 11 bridgehead atoms. The molecule has 0 aliphatic carbocycles. The number of alkyl halides is 3. The molecule has 1 unspecified atom stereocenters. The molecule has 0 spiro atoms. The summed E-state index contributed by atoms with van der Waals surface area (Å²) in [5.74, 6) is -18.9. The average Bonchev–Trinajstić information content (AvgIpc) is 0.761. The van der Waals surface area contributed by atoms with Crippen LogP contribution in [0.2, 0.25) is 10.0 Å². The van der Waals surface area contributed by atoms with Crippen LogP contribution in [0.1, 0.15) is 115 Å². The molecule has 8 amide bonds. The Bertz CT molecular complexity index is 5710. The number of likely N-dealkylation sites (N-methyl/N-ethyl adjacent to an activating group) is 1. The predicted molar refractivity (Wildman–Crippen MR) is 457 cm³/mol. The molecule has 9 heterocycles. The second-order valence-electron chi connectivity index (χ2n) is 33.4. The van der Waals surface area contributed by atoms with Crippen LogP contribution in [-0.4, -0.2) is 267 Å². The summed E-state index contributed by atoms with van der Waals surface area (Å²) in [6, 6.07) is 3.45. The third kappa shape index (κ3) is 22.8. The number of benzene rings is 6. The minimum atomic E-state index is -4.99. The number of nitrogens with two attached hydrogens (primary N) is 2. The van der Waals surface area contributed by atoms with Crippen LogP contribution >= 0.6 is 23.2 Å². The Morgan fingerprint density at radius 3 is 1.94 bits per heavy atom. The summed E-state index contributed by atoms with van der Waals surface area (Å²) in [4.78, 5) is 150. The first-order valence-corrected chi connectivity index (χ1v) is 42.6. The van der Waals surface area contributed by atoms with E-state index >= 15 is 24.0 Å². The number of aromatic hydroxyl groups is 3. The van der Waals surface area contributed by atoms with Gasteiger partial charge in [0.1, 0.15) is 132 Å². The van der Waals surface area contributed by atoms with E-state index in [1.807, 2.05) is 0 Å². The van der Waals surface area contributed by atoms with Crippen LogP contribution in [0.3, 0.4) is 0 Å². The number of aliphatic hydroxyl groups excluding tert-OH is 8. The van der Waals surface area contributed by atoms with Gasteiger partial charge in [0.25, 0.3) is 5.91 Å². The number of ether oxygens (including phenoxy) is 9. The number of hydrogen-bond donors (Lipinski definition) is 23. The van der Waals surface area contributed by atoms with E-state index in [9.17, 15) is 98.4 Å². The summed E-state index contributed by atoms with van der Waals surface area (Å²) in [6.45, 7) is 4.60. The summed E-state index contributed by atoms with van der Waals surface area (Å²) >= 11 is 14.5. The molecule has 23 atom stereocenters. The fraction of sp³-hybridized carbons (Fsp3) is 0.430. The van der Waals surface area contributed by atoms with Gasteiger partial charge in [0.15, 0.2) is 30.1 Å². The lowest BCUT2D eigenvalue weighted by molar-refractivity contribution is -0.350. The number of aliphatic carboxylic acids is 1. The zero-order valence-electron chi connectivity index (χ0n) is 71.8. The van der Waals surface area contributed by atoms with Crippen molar-refractivity contribution < 1.29 is 160 Å². The number of rotatable bonds is 23. The molecule has 0 saturated carbocycles. The van der Waals surface area contributed by atoms with Gasteiger partial charge in [0, 0.05) is 66.1 Å². The van der Waals surface area contributed by atoms with Crippen LogP contribution in [0.5, 0.6) is 51.7 Å². The van der Waals surface area contributed by atoms with Crippen molar-refractivity contribution in [2.24, 2.45) is 17.4 Å². The van der Waals surface area contributed by atoms with E-state index in [-0.39, 0.29) is 47.9 Å². The molecule has 0 radical (unpaired) electrons. The van der Waals surface area contributed by atoms with Gasteiger partial charge < -0.3 is 163 Å². The Labute approximate surface area is 772 Å². The van der Waals surface area contributed by atoms with Gasteiger partial charge in [-0.2, -0.15) is 4.98 Å². The highest BCUT2D eigenvalue weighted by Gasteiger charge is 2.53. The van der Waals surface area contributed by atoms with Crippen molar-refractivity contribution in [3.8, 4) is 62.9 Å². The number of amides is 8. The van der Waals surface area contributed by atoms with E-state index in [1.165, 1.54) is 39.2 Å². The van der Waals surface area contributed by atoms with Gasteiger partial charge in [-0.1, -0.05) is 55.2 Å². The van der Waals surface area contributed by atoms with Crippen LogP contribution in [0.4, 0.5) is 19.0 Å². The van der Waals surface area contributed by atoms with Gasteiger partial charge in [-0.3, -0.25) is 42.9 Å². The number of phenolic OH excluding ortho intramolecular Hbond substituents is 3. The van der Waals surface area contributed by atoms with Crippen molar-refractivity contribution in [3.05, 3.63) is 169 Å². The third-order valence-electron chi connectivity index (χ3n) is 23.0. The monoisotopic (exact) mass is 1930 g/mol. The molecule has 135 heavy (non-hydrogen) atoms. The molecule has 7 aromatic rings. The zero-order valence-corrected chi connectivity index (χ0v) is 73.3. The fourth-order valence-electron chi connectivity index (χ4n) is 16.1. The van der Waals surface area contributed by atoms with Gasteiger partial charge in [0.05, 0.1) is 41.3 Å². The highest BCUT2D eigenvalue weighted by molar-refractivity contribution is 6.32. The maximum atomic E-state index is 16.5. The van der Waals surface area contributed by atoms with Gasteiger partial charge in [-0.25, -0.2) is 9.59 Å². The van der Waals surface area contributed by atoms with Gasteiger partial charge in [-0.05, 0) is 140 Å². The number of halogens is 5. The summed E-state index contributed by atoms with van der Waals surface area (Å²) in [5.41, 5.74) is 6.72. The molecule has 49 heteroatoms. The molecule has 8 aliphatic heterocycles. The summed E-state index contributed by atoms with van der Waals surface area (Å²) in [5, 5.41) is 161. The molecule has 44 nitrogen and oxygen atoms in total. The summed E-state index contributed by atoms with van der Waals surface area (Å²) in [6.07, 6.45) is -34.3. The first-order valence-electron chi connectivity index (χ1n) is 41.9. The number of carboxylic acid groups (broad SMARTS) is 1. The molecule has 8 aliphatic rings.